The minimum absolute atomic E-state index is 0.0741. The topological polar surface area (TPSA) is 55.4 Å². The molecular weight excluding hydrogens is 330 g/mol. The minimum atomic E-state index is 0.0741. The number of rotatable bonds is 3. The predicted octanol–water partition coefficient (Wildman–Crippen LogP) is 5.70. The van der Waals surface area contributed by atoms with Crippen molar-refractivity contribution in [1.29, 1.82) is 5.26 Å². The third-order valence-corrected chi connectivity index (χ3v) is 5.24. The van der Waals surface area contributed by atoms with E-state index in [2.05, 4.69) is 77.0 Å². The van der Waals surface area contributed by atoms with Crippen LogP contribution in [0.25, 0.3) is 21.8 Å². The summed E-state index contributed by atoms with van der Waals surface area (Å²) in [4.78, 5) is 6.82. The number of nitrogens with one attached hydrogen (secondary N) is 2. The molecular formula is C24H17N3. The van der Waals surface area contributed by atoms with Crippen molar-refractivity contribution in [2.45, 2.75) is 5.92 Å². The highest BCUT2D eigenvalue weighted by atomic mass is 14.7. The molecule has 0 saturated heterocycles. The standard InChI is InChI=1S/C24H17N3/c25-13-16-9-11-17(12-10-16)24(20-14-26-22-7-3-1-5-18(20)22)21-15-27-23-8-4-2-6-19(21)23/h1-12,14-15,24,26-27H. The van der Waals surface area contributed by atoms with Gasteiger partial charge < -0.3 is 9.97 Å². The van der Waals surface area contributed by atoms with E-state index in [1.165, 1.54) is 27.5 Å². The van der Waals surface area contributed by atoms with Crippen molar-refractivity contribution in [3.63, 3.8) is 0 Å². The van der Waals surface area contributed by atoms with Crippen LogP contribution in [0.5, 0.6) is 0 Å². The highest BCUT2D eigenvalue weighted by molar-refractivity contribution is 5.89. The van der Waals surface area contributed by atoms with Gasteiger partial charge in [-0.3, -0.25) is 0 Å². The summed E-state index contributed by atoms with van der Waals surface area (Å²) in [5.41, 5.74) is 6.58. The van der Waals surface area contributed by atoms with Crippen molar-refractivity contribution in [3.8, 4) is 6.07 Å². The zero-order valence-electron chi connectivity index (χ0n) is 14.6. The van der Waals surface area contributed by atoms with Gasteiger partial charge in [0.15, 0.2) is 0 Å². The van der Waals surface area contributed by atoms with E-state index in [1.54, 1.807) is 0 Å². The van der Waals surface area contributed by atoms with Crippen molar-refractivity contribution in [2.75, 3.05) is 0 Å². The number of nitrogens with zero attached hydrogens (tertiary/aromatic N) is 1. The van der Waals surface area contributed by atoms with Crippen molar-refractivity contribution in [1.82, 2.24) is 9.97 Å². The van der Waals surface area contributed by atoms with Crippen LogP contribution in [0.1, 0.15) is 28.2 Å². The van der Waals surface area contributed by atoms with E-state index in [4.69, 9.17) is 5.26 Å². The van der Waals surface area contributed by atoms with E-state index in [-0.39, 0.29) is 5.92 Å². The van der Waals surface area contributed by atoms with Crippen LogP contribution in [0.15, 0.2) is 85.2 Å². The first-order chi connectivity index (χ1) is 13.3. The normalized spacial score (nSPS) is 11.3. The summed E-state index contributed by atoms with van der Waals surface area (Å²) in [5, 5.41) is 11.6. The Morgan fingerprint density at radius 1 is 0.667 bits per heavy atom. The van der Waals surface area contributed by atoms with Gasteiger partial charge in [0, 0.05) is 40.1 Å². The number of hydrogen-bond donors (Lipinski definition) is 2. The van der Waals surface area contributed by atoms with Gasteiger partial charge in [0.25, 0.3) is 0 Å². The van der Waals surface area contributed by atoms with Crippen LogP contribution >= 0.6 is 0 Å². The molecule has 0 amide bonds. The van der Waals surface area contributed by atoms with Gasteiger partial charge in [0.2, 0.25) is 0 Å². The SMILES string of the molecule is N#Cc1ccc(C(c2c[nH]c3ccccc23)c2c[nH]c3ccccc23)cc1. The number of fused-ring (bicyclic) bond motifs is 2. The monoisotopic (exact) mass is 347 g/mol. The van der Waals surface area contributed by atoms with E-state index in [1.807, 2.05) is 24.3 Å². The van der Waals surface area contributed by atoms with Crippen LogP contribution in [-0.4, -0.2) is 9.97 Å². The summed E-state index contributed by atoms with van der Waals surface area (Å²) >= 11 is 0. The van der Waals surface area contributed by atoms with Crippen molar-refractivity contribution in [2.24, 2.45) is 0 Å². The van der Waals surface area contributed by atoms with Crippen LogP contribution in [0.3, 0.4) is 0 Å². The fourth-order valence-electron chi connectivity index (χ4n) is 3.94. The molecule has 5 aromatic rings. The zero-order chi connectivity index (χ0) is 18.2. The van der Waals surface area contributed by atoms with Crippen LogP contribution in [0.2, 0.25) is 0 Å². The van der Waals surface area contributed by atoms with E-state index < -0.39 is 0 Å². The van der Waals surface area contributed by atoms with Gasteiger partial charge in [-0.1, -0.05) is 48.5 Å². The van der Waals surface area contributed by atoms with Gasteiger partial charge in [-0.25, -0.2) is 0 Å². The van der Waals surface area contributed by atoms with Gasteiger partial charge in [-0.05, 0) is 41.0 Å². The van der Waals surface area contributed by atoms with E-state index >= 15 is 0 Å². The molecule has 3 nitrogen and oxygen atoms in total. The lowest BCUT2D eigenvalue weighted by molar-refractivity contribution is 0.997. The Balaban J connectivity index is 1.78. The Hall–Kier alpha value is -3.77. The molecule has 0 spiro atoms. The van der Waals surface area contributed by atoms with E-state index in [0.29, 0.717) is 5.56 Å². The Morgan fingerprint density at radius 2 is 1.19 bits per heavy atom. The maximum absolute atomic E-state index is 9.16. The second-order valence-electron chi connectivity index (χ2n) is 6.75. The Morgan fingerprint density at radius 3 is 1.70 bits per heavy atom. The highest BCUT2D eigenvalue weighted by Crippen LogP contribution is 2.39. The van der Waals surface area contributed by atoms with Gasteiger partial charge in [-0.15, -0.1) is 0 Å². The second kappa shape index (κ2) is 6.19. The maximum Gasteiger partial charge on any atom is 0.0991 e. The second-order valence-corrected chi connectivity index (χ2v) is 6.75. The Kier molecular flexibility index (Phi) is 3.55. The van der Waals surface area contributed by atoms with E-state index in [0.717, 1.165) is 11.0 Å². The molecule has 27 heavy (non-hydrogen) atoms. The lowest BCUT2D eigenvalue weighted by Crippen LogP contribution is -2.02. The van der Waals surface area contributed by atoms with Crippen molar-refractivity contribution >= 4 is 21.8 Å². The molecule has 0 radical (unpaired) electrons. The maximum atomic E-state index is 9.16. The number of H-pyrrole nitrogens is 2. The number of aromatic nitrogens is 2. The molecule has 2 heterocycles. The molecule has 0 aliphatic carbocycles. The van der Waals surface area contributed by atoms with E-state index in [9.17, 15) is 0 Å². The smallest absolute Gasteiger partial charge is 0.0991 e. The third kappa shape index (κ3) is 2.51. The molecule has 0 aliphatic rings. The number of nitriles is 1. The molecule has 2 N–H and O–H groups in total. The predicted molar refractivity (Wildman–Crippen MR) is 109 cm³/mol. The molecule has 0 bridgehead atoms. The Labute approximate surface area is 156 Å². The molecule has 3 heteroatoms. The van der Waals surface area contributed by atoms with Gasteiger partial charge in [0.05, 0.1) is 11.6 Å². The number of hydrogen-bond acceptors (Lipinski definition) is 1. The molecule has 0 atom stereocenters. The summed E-state index contributed by atoms with van der Waals surface area (Å²) in [6.07, 6.45) is 4.21. The summed E-state index contributed by atoms with van der Waals surface area (Å²) in [6.45, 7) is 0. The van der Waals surface area contributed by atoms with Crippen LogP contribution in [0, 0.1) is 11.3 Å². The minimum Gasteiger partial charge on any atom is -0.361 e. The molecule has 0 saturated carbocycles. The quantitative estimate of drug-likeness (QED) is 0.432. The van der Waals surface area contributed by atoms with Gasteiger partial charge in [-0.2, -0.15) is 5.26 Å². The molecule has 3 aromatic carbocycles. The summed E-state index contributed by atoms with van der Waals surface area (Å²) in [5.74, 6) is 0.0741. The zero-order valence-corrected chi connectivity index (χ0v) is 14.6. The molecule has 0 aliphatic heterocycles. The first-order valence-corrected chi connectivity index (χ1v) is 8.97. The molecule has 128 valence electrons. The number of benzene rings is 3. The lowest BCUT2D eigenvalue weighted by Gasteiger charge is -2.17. The summed E-state index contributed by atoms with van der Waals surface area (Å²) in [7, 11) is 0. The average Bonchev–Trinajstić information content (AvgIpc) is 3.34. The van der Waals surface area contributed by atoms with Gasteiger partial charge in [0.1, 0.15) is 0 Å². The number of para-hydroxylation sites is 2. The van der Waals surface area contributed by atoms with Crippen molar-refractivity contribution < 1.29 is 0 Å². The average molecular weight is 347 g/mol. The largest absolute Gasteiger partial charge is 0.361 e. The summed E-state index contributed by atoms with van der Waals surface area (Å²) in [6, 6.07) is 26.9. The highest BCUT2D eigenvalue weighted by Gasteiger charge is 2.23. The lowest BCUT2D eigenvalue weighted by atomic mass is 9.84. The van der Waals surface area contributed by atoms with Crippen LogP contribution in [0.4, 0.5) is 0 Å². The van der Waals surface area contributed by atoms with Crippen LogP contribution < -0.4 is 0 Å². The first kappa shape index (κ1) is 15.5. The molecule has 5 rings (SSSR count). The molecule has 0 fully saturated rings. The number of aromatic amines is 2. The van der Waals surface area contributed by atoms with Gasteiger partial charge >= 0.3 is 0 Å². The molecule has 0 unspecified atom stereocenters. The fraction of sp³-hybridized carbons (Fsp3) is 0.0417. The fourth-order valence-corrected chi connectivity index (χ4v) is 3.94. The molecule has 2 aromatic heterocycles. The summed E-state index contributed by atoms with van der Waals surface area (Å²) < 4.78 is 0. The Bertz CT molecular complexity index is 1210. The van der Waals surface area contributed by atoms with Crippen LogP contribution in [-0.2, 0) is 0 Å². The third-order valence-electron chi connectivity index (χ3n) is 5.24. The first-order valence-electron chi connectivity index (χ1n) is 8.97. The van der Waals surface area contributed by atoms with Crippen molar-refractivity contribution in [3.05, 3.63) is 107 Å².